The lowest BCUT2D eigenvalue weighted by molar-refractivity contribution is 0.0710. The van der Waals surface area contributed by atoms with E-state index in [0.29, 0.717) is 16.5 Å². The van der Waals surface area contributed by atoms with E-state index >= 15 is 0 Å². The highest BCUT2D eigenvalue weighted by atomic mass is 35.5. The van der Waals surface area contributed by atoms with Gasteiger partial charge in [-0.15, -0.1) is 10.2 Å². The molecule has 4 rings (SSSR count). The molecule has 1 fully saturated rings. The Hall–Kier alpha value is -1.92. The van der Waals surface area contributed by atoms with Gasteiger partial charge in [-0.3, -0.25) is 4.79 Å². The first kappa shape index (κ1) is 15.6. The number of hydrogen-bond donors (Lipinski definition) is 1. The van der Waals surface area contributed by atoms with Gasteiger partial charge in [-0.05, 0) is 25.0 Å². The molecule has 0 radical (unpaired) electrons. The number of halogens is 1. The van der Waals surface area contributed by atoms with Crippen molar-refractivity contribution in [3.63, 3.8) is 0 Å². The maximum absolute atomic E-state index is 12.6. The molecular weight excluding hydrogens is 326 g/mol. The minimum absolute atomic E-state index is 0.0199. The number of carbonyl (C=O) groups is 1. The normalized spacial score (nSPS) is 18.5. The SMILES string of the molecule is O=C(c1ccccc1Cl)N1CCC(c2nnc3n2CCNC3)CC1. The largest absolute Gasteiger partial charge is 0.339 e. The molecule has 1 aromatic carbocycles. The topological polar surface area (TPSA) is 63.1 Å². The number of aromatic nitrogens is 3. The minimum atomic E-state index is 0.0199. The number of piperidine rings is 1. The molecule has 0 saturated carbocycles. The van der Waals surface area contributed by atoms with Gasteiger partial charge in [-0.25, -0.2) is 0 Å². The van der Waals surface area contributed by atoms with E-state index in [1.165, 1.54) is 0 Å². The average Bonchev–Trinajstić information content (AvgIpc) is 3.06. The molecule has 1 saturated heterocycles. The van der Waals surface area contributed by atoms with E-state index < -0.39 is 0 Å². The van der Waals surface area contributed by atoms with Crippen LogP contribution in [0.2, 0.25) is 5.02 Å². The molecule has 2 aliphatic heterocycles. The number of benzene rings is 1. The summed E-state index contributed by atoms with van der Waals surface area (Å²) in [5.41, 5.74) is 0.587. The smallest absolute Gasteiger partial charge is 0.255 e. The molecule has 2 aromatic rings. The molecule has 0 spiro atoms. The van der Waals surface area contributed by atoms with E-state index in [2.05, 4.69) is 20.1 Å². The second-order valence-corrected chi connectivity index (χ2v) is 6.76. The number of likely N-dealkylation sites (tertiary alicyclic amines) is 1. The third kappa shape index (κ3) is 2.80. The van der Waals surface area contributed by atoms with Crippen molar-refractivity contribution in [2.24, 2.45) is 0 Å². The van der Waals surface area contributed by atoms with Crippen molar-refractivity contribution in [3.8, 4) is 0 Å². The summed E-state index contributed by atoms with van der Waals surface area (Å²) in [6.07, 6.45) is 1.84. The lowest BCUT2D eigenvalue weighted by Gasteiger charge is -2.32. The molecular formula is C17H20ClN5O. The molecule has 0 aliphatic carbocycles. The van der Waals surface area contributed by atoms with Gasteiger partial charge in [0.25, 0.3) is 5.91 Å². The molecule has 6 nitrogen and oxygen atoms in total. The fraction of sp³-hybridized carbons (Fsp3) is 0.471. The second kappa shape index (κ2) is 6.53. The number of amides is 1. The van der Waals surface area contributed by atoms with Crippen molar-refractivity contribution >= 4 is 17.5 Å². The van der Waals surface area contributed by atoms with Crippen molar-refractivity contribution in [3.05, 3.63) is 46.5 Å². The number of nitrogens with one attached hydrogen (secondary N) is 1. The number of carbonyl (C=O) groups excluding carboxylic acids is 1. The average molecular weight is 346 g/mol. The van der Waals surface area contributed by atoms with Gasteiger partial charge in [0, 0.05) is 32.1 Å². The highest BCUT2D eigenvalue weighted by Gasteiger charge is 2.29. The highest BCUT2D eigenvalue weighted by Crippen LogP contribution is 2.29. The number of rotatable bonds is 2. The lowest BCUT2D eigenvalue weighted by Crippen LogP contribution is -2.39. The number of hydrogen-bond acceptors (Lipinski definition) is 4. The van der Waals surface area contributed by atoms with Gasteiger partial charge in [0.2, 0.25) is 0 Å². The van der Waals surface area contributed by atoms with Crippen LogP contribution in [0.25, 0.3) is 0 Å². The first-order chi connectivity index (χ1) is 11.7. The highest BCUT2D eigenvalue weighted by molar-refractivity contribution is 6.33. The van der Waals surface area contributed by atoms with Crippen molar-refractivity contribution in [2.75, 3.05) is 19.6 Å². The number of nitrogens with zero attached hydrogens (tertiary/aromatic N) is 4. The molecule has 2 aliphatic rings. The standard InChI is InChI=1S/C17H20ClN5O/c18-14-4-2-1-3-13(14)17(24)22-8-5-12(6-9-22)16-21-20-15-11-19-7-10-23(15)16/h1-4,12,19H,5-11H2. The van der Waals surface area contributed by atoms with Gasteiger partial charge in [-0.1, -0.05) is 23.7 Å². The van der Waals surface area contributed by atoms with E-state index in [4.69, 9.17) is 11.6 Å². The van der Waals surface area contributed by atoms with Crippen LogP contribution in [0.1, 0.15) is 40.8 Å². The molecule has 1 N–H and O–H groups in total. The monoisotopic (exact) mass is 345 g/mol. The molecule has 0 bridgehead atoms. The Morgan fingerprint density at radius 2 is 1.96 bits per heavy atom. The summed E-state index contributed by atoms with van der Waals surface area (Å²) in [6.45, 7) is 4.14. The van der Waals surface area contributed by atoms with E-state index in [0.717, 1.165) is 57.2 Å². The van der Waals surface area contributed by atoms with Crippen LogP contribution in [-0.4, -0.2) is 45.2 Å². The van der Waals surface area contributed by atoms with Crippen LogP contribution in [0.3, 0.4) is 0 Å². The fourth-order valence-corrected chi connectivity index (χ4v) is 3.78. The fourth-order valence-electron chi connectivity index (χ4n) is 3.56. The van der Waals surface area contributed by atoms with Crippen LogP contribution in [-0.2, 0) is 13.1 Å². The van der Waals surface area contributed by atoms with Crippen LogP contribution in [0.5, 0.6) is 0 Å². The van der Waals surface area contributed by atoms with E-state index in [9.17, 15) is 4.79 Å². The van der Waals surface area contributed by atoms with Crippen molar-refractivity contribution in [1.82, 2.24) is 25.0 Å². The zero-order valence-corrected chi connectivity index (χ0v) is 14.2. The zero-order valence-electron chi connectivity index (χ0n) is 13.4. The first-order valence-corrected chi connectivity index (χ1v) is 8.78. The Balaban J connectivity index is 1.45. The van der Waals surface area contributed by atoms with E-state index in [1.54, 1.807) is 12.1 Å². The predicted octanol–water partition coefficient (Wildman–Crippen LogP) is 2.05. The lowest BCUT2D eigenvalue weighted by atomic mass is 9.95. The van der Waals surface area contributed by atoms with E-state index in [-0.39, 0.29) is 5.91 Å². The predicted molar refractivity (Wildman–Crippen MR) is 91.1 cm³/mol. The Morgan fingerprint density at radius 3 is 2.75 bits per heavy atom. The maximum Gasteiger partial charge on any atom is 0.255 e. The Morgan fingerprint density at radius 1 is 1.17 bits per heavy atom. The third-order valence-corrected chi connectivity index (χ3v) is 5.23. The zero-order chi connectivity index (χ0) is 16.5. The quantitative estimate of drug-likeness (QED) is 0.905. The summed E-state index contributed by atoms with van der Waals surface area (Å²) < 4.78 is 2.24. The molecule has 0 atom stereocenters. The van der Waals surface area contributed by atoms with Gasteiger partial charge in [0.05, 0.1) is 17.1 Å². The molecule has 126 valence electrons. The van der Waals surface area contributed by atoms with Crippen LogP contribution in [0.4, 0.5) is 0 Å². The summed E-state index contributed by atoms with van der Waals surface area (Å²) in [5, 5.41) is 12.5. The van der Waals surface area contributed by atoms with Gasteiger partial charge in [-0.2, -0.15) is 0 Å². The second-order valence-electron chi connectivity index (χ2n) is 6.35. The van der Waals surface area contributed by atoms with Crippen LogP contribution < -0.4 is 5.32 Å². The van der Waals surface area contributed by atoms with Crippen LogP contribution in [0, 0.1) is 0 Å². The van der Waals surface area contributed by atoms with Crippen molar-refractivity contribution < 1.29 is 4.79 Å². The summed E-state index contributed by atoms with van der Waals surface area (Å²) in [6, 6.07) is 7.24. The van der Waals surface area contributed by atoms with Gasteiger partial charge >= 0.3 is 0 Å². The number of fused-ring (bicyclic) bond motifs is 1. The Kier molecular flexibility index (Phi) is 4.24. The minimum Gasteiger partial charge on any atom is -0.339 e. The summed E-state index contributed by atoms with van der Waals surface area (Å²) in [4.78, 5) is 14.5. The van der Waals surface area contributed by atoms with Crippen LogP contribution >= 0.6 is 11.6 Å². The van der Waals surface area contributed by atoms with Crippen molar-refractivity contribution in [1.29, 1.82) is 0 Å². The molecule has 1 amide bonds. The Labute approximate surface area is 145 Å². The molecule has 3 heterocycles. The molecule has 0 unspecified atom stereocenters. The first-order valence-electron chi connectivity index (χ1n) is 8.40. The maximum atomic E-state index is 12.6. The molecule has 24 heavy (non-hydrogen) atoms. The molecule has 7 heteroatoms. The summed E-state index contributed by atoms with van der Waals surface area (Å²) in [5.74, 6) is 2.49. The molecule has 1 aromatic heterocycles. The summed E-state index contributed by atoms with van der Waals surface area (Å²) >= 11 is 6.15. The van der Waals surface area contributed by atoms with Gasteiger partial charge < -0.3 is 14.8 Å². The van der Waals surface area contributed by atoms with Gasteiger partial charge in [0.15, 0.2) is 0 Å². The summed E-state index contributed by atoms with van der Waals surface area (Å²) in [7, 11) is 0. The van der Waals surface area contributed by atoms with Crippen LogP contribution in [0.15, 0.2) is 24.3 Å². The van der Waals surface area contributed by atoms with Gasteiger partial charge in [0.1, 0.15) is 11.6 Å². The third-order valence-electron chi connectivity index (χ3n) is 4.90. The van der Waals surface area contributed by atoms with Crippen molar-refractivity contribution in [2.45, 2.75) is 31.8 Å². The Bertz CT molecular complexity index is 751. The van der Waals surface area contributed by atoms with E-state index in [1.807, 2.05) is 17.0 Å².